The van der Waals surface area contributed by atoms with Crippen molar-refractivity contribution < 1.29 is 28.7 Å². The molecule has 4 amide bonds. The van der Waals surface area contributed by atoms with E-state index in [2.05, 4.69) is 15.6 Å². The van der Waals surface area contributed by atoms with Crippen LogP contribution in [0.25, 0.3) is 0 Å². The maximum absolute atomic E-state index is 12.9. The van der Waals surface area contributed by atoms with Gasteiger partial charge in [0, 0.05) is 24.6 Å². The number of benzene rings is 1. The Morgan fingerprint density at radius 2 is 2.09 bits per heavy atom. The fraction of sp³-hybridized carbons (Fsp3) is 0.318. The third-order valence-corrected chi connectivity index (χ3v) is 5.47. The summed E-state index contributed by atoms with van der Waals surface area (Å²) in [5, 5.41) is 4.86. The molecular formula is C22H22N4O6. The number of ether oxygens (including phenoxy) is 2. The number of amides is 4. The molecule has 1 aromatic carbocycles. The van der Waals surface area contributed by atoms with Crippen LogP contribution in [-0.2, 0) is 27.5 Å². The number of hydrogen-bond donors (Lipinski definition) is 2. The van der Waals surface area contributed by atoms with Gasteiger partial charge in [0.2, 0.25) is 11.8 Å². The lowest BCUT2D eigenvalue weighted by Crippen LogP contribution is -2.52. The van der Waals surface area contributed by atoms with Gasteiger partial charge in [-0.1, -0.05) is 12.1 Å². The standard InChI is InChI=1S/C22H22N4O6/c1-12-18(31-2)8-15(9-23-12)24-22(30)32-11-13-3-4-14-10-26(21(29)16(14)7-13)17-5-6-19(27)25-20(17)28/h3-4,7-9,17H,5-6,10-11H2,1-2H3,(H,24,30)(H,25,27,28). The Morgan fingerprint density at radius 3 is 2.84 bits per heavy atom. The molecule has 166 valence electrons. The number of pyridine rings is 1. The van der Waals surface area contributed by atoms with Gasteiger partial charge < -0.3 is 14.4 Å². The minimum atomic E-state index is -0.672. The Hall–Kier alpha value is -3.95. The van der Waals surface area contributed by atoms with Gasteiger partial charge in [0.15, 0.2) is 0 Å². The molecule has 3 heterocycles. The van der Waals surface area contributed by atoms with E-state index in [0.717, 1.165) is 5.56 Å². The van der Waals surface area contributed by atoms with Gasteiger partial charge in [-0.15, -0.1) is 0 Å². The van der Waals surface area contributed by atoms with Gasteiger partial charge in [0.1, 0.15) is 18.4 Å². The smallest absolute Gasteiger partial charge is 0.412 e. The predicted octanol–water partition coefficient (Wildman–Crippen LogP) is 1.91. The van der Waals surface area contributed by atoms with Gasteiger partial charge in [0.25, 0.3) is 5.91 Å². The number of piperidine rings is 1. The molecule has 4 rings (SSSR count). The average molecular weight is 438 g/mol. The molecule has 1 saturated heterocycles. The van der Waals surface area contributed by atoms with Crippen molar-refractivity contribution in [2.24, 2.45) is 0 Å². The van der Waals surface area contributed by atoms with Crippen LogP contribution < -0.4 is 15.4 Å². The van der Waals surface area contributed by atoms with Crippen LogP contribution in [0.2, 0.25) is 0 Å². The molecule has 0 spiro atoms. The summed E-state index contributed by atoms with van der Waals surface area (Å²) < 4.78 is 10.4. The number of fused-ring (bicyclic) bond motifs is 1. The lowest BCUT2D eigenvalue weighted by molar-refractivity contribution is -0.136. The molecule has 2 aromatic rings. The maximum Gasteiger partial charge on any atom is 0.412 e. The molecule has 2 aliphatic heterocycles. The van der Waals surface area contributed by atoms with E-state index >= 15 is 0 Å². The summed E-state index contributed by atoms with van der Waals surface area (Å²) in [5.74, 6) is -0.517. The first-order valence-corrected chi connectivity index (χ1v) is 10.1. The van der Waals surface area contributed by atoms with Crippen molar-refractivity contribution in [2.45, 2.75) is 39.0 Å². The molecule has 1 fully saturated rings. The quantitative estimate of drug-likeness (QED) is 0.683. The molecule has 0 aliphatic carbocycles. The molecule has 0 bridgehead atoms. The van der Waals surface area contributed by atoms with Gasteiger partial charge in [-0.3, -0.25) is 30.0 Å². The van der Waals surface area contributed by atoms with Gasteiger partial charge in [-0.2, -0.15) is 0 Å². The highest BCUT2D eigenvalue weighted by atomic mass is 16.5. The highest BCUT2D eigenvalue weighted by Crippen LogP contribution is 2.28. The number of carbonyl (C=O) groups excluding carboxylic acids is 4. The Labute approximate surface area is 183 Å². The normalized spacial score (nSPS) is 17.6. The highest BCUT2D eigenvalue weighted by molar-refractivity contribution is 6.05. The number of aromatic nitrogens is 1. The van der Waals surface area contributed by atoms with Gasteiger partial charge in [-0.25, -0.2) is 4.79 Å². The van der Waals surface area contributed by atoms with Gasteiger partial charge >= 0.3 is 6.09 Å². The van der Waals surface area contributed by atoms with E-state index in [0.29, 0.717) is 41.2 Å². The van der Waals surface area contributed by atoms with E-state index in [4.69, 9.17) is 9.47 Å². The van der Waals surface area contributed by atoms with Gasteiger partial charge in [-0.05, 0) is 30.5 Å². The van der Waals surface area contributed by atoms with Crippen LogP contribution in [0.4, 0.5) is 10.5 Å². The lowest BCUT2D eigenvalue weighted by Gasteiger charge is -2.29. The molecule has 2 aliphatic rings. The van der Waals surface area contributed by atoms with Crippen molar-refractivity contribution in [3.63, 3.8) is 0 Å². The Bertz CT molecular complexity index is 1120. The molecule has 10 heteroatoms. The van der Waals surface area contributed by atoms with Crippen molar-refractivity contribution in [3.05, 3.63) is 52.8 Å². The molecule has 1 unspecified atom stereocenters. The van der Waals surface area contributed by atoms with E-state index in [-0.39, 0.29) is 24.8 Å². The summed E-state index contributed by atoms with van der Waals surface area (Å²) in [6.45, 7) is 2.04. The van der Waals surface area contributed by atoms with Crippen LogP contribution in [0.15, 0.2) is 30.5 Å². The second-order valence-corrected chi connectivity index (χ2v) is 7.60. The SMILES string of the molecule is COc1cc(NC(=O)OCc2ccc3c(c2)C(=O)N(C2CCC(=O)NC2=O)C3)cnc1C. The molecule has 0 radical (unpaired) electrons. The van der Waals surface area contributed by atoms with Crippen LogP contribution in [-0.4, -0.2) is 46.9 Å². The van der Waals surface area contributed by atoms with Gasteiger partial charge in [0.05, 0.1) is 24.7 Å². The first-order chi connectivity index (χ1) is 15.4. The molecule has 0 saturated carbocycles. The zero-order valence-corrected chi connectivity index (χ0v) is 17.6. The van der Waals surface area contributed by atoms with Crippen LogP contribution in [0, 0.1) is 6.92 Å². The second-order valence-electron chi connectivity index (χ2n) is 7.60. The van der Waals surface area contributed by atoms with Crippen molar-refractivity contribution in [1.29, 1.82) is 0 Å². The summed E-state index contributed by atoms with van der Waals surface area (Å²) in [6, 6.07) is 6.18. The van der Waals surface area contributed by atoms with Crippen LogP contribution >= 0.6 is 0 Å². The topological polar surface area (TPSA) is 127 Å². The summed E-state index contributed by atoms with van der Waals surface area (Å²) in [5.41, 5.74) is 3.01. The Balaban J connectivity index is 1.38. The summed E-state index contributed by atoms with van der Waals surface area (Å²) in [4.78, 5) is 54.1. The minimum absolute atomic E-state index is 0.0404. The number of rotatable bonds is 5. The van der Waals surface area contributed by atoms with E-state index in [1.807, 2.05) is 0 Å². The first kappa shape index (κ1) is 21.3. The highest BCUT2D eigenvalue weighted by Gasteiger charge is 2.39. The molecule has 10 nitrogen and oxygen atoms in total. The van der Waals surface area contributed by atoms with Crippen LogP contribution in [0.3, 0.4) is 0 Å². The summed E-state index contributed by atoms with van der Waals surface area (Å²) in [6.07, 6.45) is 1.33. The Kier molecular flexibility index (Phi) is 5.76. The molecule has 1 atom stereocenters. The maximum atomic E-state index is 12.9. The van der Waals surface area contributed by atoms with E-state index in [1.165, 1.54) is 18.2 Å². The zero-order valence-electron chi connectivity index (χ0n) is 17.6. The lowest BCUT2D eigenvalue weighted by atomic mass is 10.0. The van der Waals surface area contributed by atoms with Crippen molar-refractivity contribution >= 4 is 29.5 Å². The predicted molar refractivity (Wildman–Crippen MR) is 112 cm³/mol. The Morgan fingerprint density at radius 1 is 1.28 bits per heavy atom. The third-order valence-electron chi connectivity index (χ3n) is 5.47. The molecule has 1 aromatic heterocycles. The van der Waals surface area contributed by atoms with Crippen molar-refractivity contribution in [1.82, 2.24) is 15.2 Å². The fourth-order valence-corrected chi connectivity index (χ4v) is 3.78. The number of nitrogens with one attached hydrogen (secondary N) is 2. The molecule has 2 N–H and O–H groups in total. The number of hydrogen-bond acceptors (Lipinski definition) is 7. The van der Waals surface area contributed by atoms with Crippen molar-refractivity contribution in [3.8, 4) is 5.75 Å². The number of nitrogens with zero attached hydrogens (tertiary/aromatic N) is 2. The summed E-state index contributed by atoms with van der Waals surface area (Å²) in [7, 11) is 1.52. The first-order valence-electron chi connectivity index (χ1n) is 10.1. The largest absolute Gasteiger partial charge is 0.495 e. The number of aryl methyl sites for hydroxylation is 1. The minimum Gasteiger partial charge on any atom is -0.495 e. The van der Waals surface area contributed by atoms with E-state index in [9.17, 15) is 19.2 Å². The number of anilines is 1. The monoisotopic (exact) mass is 438 g/mol. The zero-order chi connectivity index (χ0) is 22.8. The number of methoxy groups -OCH3 is 1. The number of imide groups is 1. The average Bonchev–Trinajstić information content (AvgIpc) is 3.09. The third kappa shape index (κ3) is 4.25. The fourth-order valence-electron chi connectivity index (χ4n) is 3.78. The van der Waals surface area contributed by atoms with Crippen molar-refractivity contribution in [2.75, 3.05) is 12.4 Å². The number of carbonyl (C=O) groups is 4. The summed E-state index contributed by atoms with van der Waals surface area (Å²) >= 11 is 0. The molecular weight excluding hydrogens is 416 g/mol. The second kappa shape index (κ2) is 8.66. The van der Waals surface area contributed by atoms with Crippen LogP contribution in [0.1, 0.15) is 40.0 Å². The van der Waals surface area contributed by atoms with E-state index in [1.54, 1.807) is 31.2 Å². The molecule has 32 heavy (non-hydrogen) atoms. The van der Waals surface area contributed by atoms with Crippen LogP contribution in [0.5, 0.6) is 5.75 Å². The van der Waals surface area contributed by atoms with E-state index < -0.39 is 18.0 Å².